The molecule has 6 heteroatoms. The van der Waals surface area contributed by atoms with E-state index in [-0.39, 0.29) is 0 Å². The highest BCUT2D eigenvalue weighted by Gasteiger charge is 2.12. The minimum absolute atomic E-state index is 0.535. The number of imidazole rings is 1. The van der Waals surface area contributed by atoms with E-state index in [1.54, 1.807) is 0 Å². The Morgan fingerprint density at radius 1 is 1.28 bits per heavy atom. The van der Waals surface area contributed by atoms with Crippen LogP contribution in [0.2, 0.25) is 0 Å². The number of allylic oxidation sites excluding steroid dienone is 1. The predicted octanol–water partition coefficient (Wildman–Crippen LogP) is 2.95. The van der Waals surface area contributed by atoms with Crippen molar-refractivity contribution in [3.63, 3.8) is 0 Å². The lowest BCUT2D eigenvalue weighted by atomic mass is 10.1. The highest BCUT2D eigenvalue weighted by atomic mass is 16.5. The molecular formula is C19H30N4O2. The van der Waals surface area contributed by atoms with Gasteiger partial charge in [0.1, 0.15) is 12.4 Å². The summed E-state index contributed by atoms with van der Waals surface area (Å²) in [7, 11) is 0. The van der Waals surface area contributed by atoms with E-state index in [1.807, 2.05) is 18.5 Å². The maximum Gasteiger partial charge on any atom is 0.136 e. The topological polar surface area (TPSA) is 62.5 Å². The van der Waals surface area contributed by atoms with Crippen LogP contribution < -0.4 is 5.48 Å². The number of hydrogen-bond acceptors (Lipinski definition) is 5. The standard InChI is InChI=1S/C19H30N4O2/c1-4-22(5-2)12-13-23-18-10-9-16(8-7-11-20-24)14-17(18)21-19(23)15-25-6-3/h7,9-11,14,20,24H,4-6,8,12-13,15H2,1-3H3/b11-7+. The maximum atomic E-state index is 8.61. The zero-order chi connectivity index (χ0) is 18.1. The summed E-state index contributed by atoms with van der Waals surface area (Å²) in [6.45, 7) is 11.6. The van der Waals surface area contributed by atoms with Crippen molar-refractivity contribution in [3.8, 4) is 0 Å². The number of hydrogen-bond donors (Lipinski definition) is 2. The lowest BCUT2D eigenvalue weighted by Gasteiger charge is -2.19. The molecule has 0 fully saturated rings. The van der Waals surface area contributed by atoms with Crippen molar-refractivity contribution in [2.24, 2.45) is 0 Å². The molecule has 0 radical (unpaired) electrons. The average molecular weight is 346 g/mol. The number of nitrogens with one attached hydrogen (secondary N) is 1. The first-order valence-corrected chi connectivity index (χ1v) is 9.06. The Hall–Kier alpha value is -1.89. The summed E-state index contributed by atoms with van der Waals surface area (Å²) in [4.78, 5) is 7.21. The van der Waals surface area contributed by atoms with Gasteiger partial charge in [-0.3, -0.25) is 10.7 Å². The molecule has 0 unspecified atom stereocenters. The Labute approximate surface area is 150 Å². The van der Waals surface area contributed by atoms with Crippen molar-refractivity contribution in [1.82, 2.24) is 19.9 Å². The summed E-state index contributed by atoms with van der Waals surface area (Å²) in [6.07, 6.45) is 4.14. The first-order chi connectivity index (χ1) is 12.2. The van der Waals surface area contributed by atoms with Crippen molar-refractivity contribution in [2.45, 2.75) is 40.3 Å². The SMILES string of the molecule is CCOCc1nc2cc(C/C=C/NO)ccc2n1CCN(CC)CC. The van der Waals surface area contributed by atoms with Gasteiger partial charge in [0.15, 0.2) is 0 Å². The molecule has 0 aliphatic rings. The van der Waals surface area contributed by atoms with Crippen molar-refractivity contribution >= 4 is 11.0 Å². The number of aromatic nitrogens is 2. The predicted molar refractivity (Wildman–Crippen MR) is 101 cm³/mol. The lowest BCUT2D eigenvalue weighted by Crippen LogP contribution is -2.27. The largest absolute Gasteiger partial charge is 0.374 e. The van der Waals surface area contributed by atoms with Gasteiger partial charge in [0, 0.05) is 25.9 Å². The Kier molecular flexibility index (Phi) is 7.91. The van der Waals surface area contributed by atoms with E-state index in [1.165, 1.54) is 6.20 Å². The van der Waals surface area contributed by atoms with Crippen molar-refractivity contribution in [2.75, 3.05) is 26.2 Å². The molecule has 0 spiro atoms. The van der Waals surface area contributed by atoms with E-state index < -0.39 is 0 Å². The summed E-state index contributed by atoms with van der Waals surface area (Å²) in [6, 6.07) is 6.36. The van der Waals surface area contributed by atoms with Gasteiger partial charge >= 0.3 is 0 Å². The maximum absolute atomic E-state index is 8.61. The van der Waals surface area contributed by atoms with Crippen LogP contribution in [0.25, 0.3) is 11.0 Å². The summed E-state index contributed by atoms with van der Waals surface area (Å²) >= 11 is 0. The molecule has 0 saturated heterocycles. The van der Waals surface area contributed by atoms with Crippen molar-refractivity contribution in [1.29, 1.82) is 0 Å². The van der Waals surface area contributed by atoms with Crippen LogP contribution >= 0.6 is 0 Å². The monoisotopic (exact) mass is 346 g/mol. The molecule has 2 rings (SSSR count). The van der Waals surface area contributed by atoms with Crippen LogP contribution in [0.5, 0.6) is 0 Å². The smallest absolute Gasteiger partial charge is 0.136 e. The molecule has 2 N–H and O–H groups in total. The Morgan fingerprint density at radius 2 is 2.08 bits per heavy atom. The molecule has 2 aromatic rings. The minimum atomic E-state index is 0.535. The molecule has 0 saturated carbocycles. The van der Waals surface area contributed by atoms with Crippen LogP contribution in [0.15, 0.2) is 30.5 Å². The third-order valence-electron chi connectivity index (χ3n) is 4.41. The first kappa shape index (κ1) is 19.4. The van der Waals surface area contributed by atoms with E-state index in [0.29, 0.717) is 13.2 Å². The molecule has 138 valence electrons. The van der Waals surface area contributed by atoms with Crippen LogP contribution in [0.3, 0.4) is 0 Å². The molecule has 0 aliphatic heterocycles. The number of fused-ring (bicyclic) bond motifs is 1. The van der Waals surface area contributed by atoms with Crippen LogP contribution in [0, 0.1) is 0 Å². The summed E-state index contributed by atoms with van der Waals surface area (Å²) in [5, 5.41) is 8.61. The van der Waals surface area contributed by atoms with Crippen molar-refractivity contribution in [3.05, 3.63) is 41.9 Å². The van der Waals surface area contributed by atoms with Gasteiger partial charge in [-0.05, 0) is 44.1 Å². The molecule has 0 atom stereocenters. The molecule has 1 aromatic carbocycles. The molecule has 0 bridgehead atoms. The second kappa shape index (κ2) is 10.2. The second-order valence-electron chi connectivity index (χ2n) is 5.90. The van der Waals surface area contributed by atoms with Crippen LogP contribution in [0.4, 0.5) is 0 Å². The van der Waals surface area contributed by atoms with E-state index in [4.69, 9.17) is 14.9 Å². The third-order valence-corrected chi connectivity index (χ3v) is 4.41. The number of ether oxygens (including phenoxy) is 1. The van der Waals surface area contributed by atoms with E-state index >= 15 is 0 Å². The number of benzene rings is 1. The van der Waals surface area contributed by atoms with Crippen molar-refractivity contribution < 1.29 is 9.94 Å². The van der Waals surface area contributed by atoms with Gasteiger partial charge < -0.3 is 14.2 Å². The quantitative estimate of drug-likeness (QED) is 0.613. The normalized spacial score (nSPS) is 11.9. The Balaban J connectivity index is 2.27. The van der Waals surface area contributed by atoms with E-state index in [2.05, 4.69) is 41.5 Å². The fourth-order valence-electron chi connectivity index (χ4n) is 2.93. The molecule has 1 heterocycles. The molecule has 6 nitrogen and oxygen atoms in total. The molecule has 25 heavy (non-hydrogen) atoms. The Morgan fingerprint density at radius 3 is 2.76 bits per heavy atom. The van der Waals surface area contributed by atoms with Gasteiger partial charge in [-0.2, -0.15) is 0 Å². The summed E-state index contributed by atoms with van der Waals surface area (Å²) < 4.78 is 7.89. The number of nitrogens with zero attached hydrogens (tertiary/aromatic N) is 3. The van der Waals surface area contributed by atoms with Gasteiger partial charge in [0.2, 0.25) is 0 Å². The number of hydroxylamine groups is 1. The van der Waals surface area contributed by atoms with Gasteiger partial charge in [-0.1, -0.05) is 26.0 Å². The highest BCUT2D eigenvalue weighted by Crippen LogP contribution is 2.19. The van der Waals surface area contributed by atoms with Crippen LogP contribution in [0.1, 0.15) is 32.2 Å². The summed E-state index contributed by atoms with van der Waals surface area (Å²) in [5.41, 5.74) is 5.34. The van der Waals surface area contributed by atoms with E-state index in [9.17, 15) is 0 Å². The number of rotatable bonds is 11. The fraction of sp³-hybridized carbons (Fsp3) is 0.526. The molecule has 0 aliphatic carbocycles. The van der Waals surface area contributed by atoms with Gasteiger partial charge in [0.05, 0.1) is 11.0 Å². The van der Waals surface area contributed by atoms with Gasteiger partial charge in [0.25, 0.3) is 0 Å². The van der Waals surface area contributed by atoms with Gasteiger partial charge in [-0.15, -0.1) is 0 Å². The molecule has 1 aromatic heterocycles. The fourth-order valence-corrected chi connectivity index (χ4v) is 2.93. The Bertz CT molecular complexity index is 677. The highest BCUT2D eigenvalue weighted by molar-refractivity contribution is 5.77. The average Bonchev–Trinajstić information content (AvgIpc) is 2.98. The lowest BCUT2D eigenvalue weighted by molar-refractivity contribution is 0.125. The number of likely N-dealkylation sites (N-methyl/N-ethyl adjacent to an activating group) is 1. The molecular weight excluding hydrogens is 316 g/mol. The second-order valence-corrected chi connectivity index (χ2v) is 5.90. The van der Waals surface area contributed by atoms with E-state index in [0.717, 1.165) is 55.0 Å². The van der Waals surface area contributed by atoms with Crippen LogP contribution in [-0.4, -0.2) is 45.9 Å². The first-order valence-electron chi connectivity index (χ1n) is 9.06. The van der Waals surface area contributed by atoms with Crippen LogP contribution in [-0.2, 0) is 24.3 Å². The summed E-state index contributed by atoms with van der Waals surface area (Å²) in [5.74, 6) is 0.980. The van der Waals surface area contributed by atoms with Gasteiger partial charge in [-0.25, -0.2) is 4.98 Å². The minimum Gasteiger partial charge on any atom is -0.374 e. The zero-order valence-corrected chi connectivity index (χ0v) is 15.5. The zero-order valence-electron chi connectivity index (χ0n) is 15.5. The third kappa shape index (κ3) is 5.29. The molecule has 0 amide bonds.